The van der Waals surface area contributed by atoms with E-state index in [1.165, 1.54) is 17.8 Å². The molecule has 2 aromatic heterocycles. The number of aromatic nitrogens is 3. The maximum Gasteiger partial charge on any atom is 0.229 e. The molecule has 0 saturated carbocycles. The van der Waals surface area contributed by atoms with E-state index in [4.69, 9.17) is 0 Å². The summed E-state index contributed by atoms with van der Waals surface area (Å²) < 4.78 is 1.45. The van der Waals surface area contributed by atoms with Crippen LogP contribution in [0.2, 0.25) is 0 Å². The Hall–Kier alpha value is -4.51. The van der Waals surface area contributed by atoms with Gasteiger partial charge >= 0.3 is 0 Å². The Bertz CT molecular complexity index is 1320. The highest BCUT2D eigenvalue weighted by molar-refractivity contribution is 5.93. The monoisotopic (exact) mass is 410 g/mol. The summed E-state index contributed by atoms with van der Waals surface area (Å²) in [4.78, 5) is 28.4. The number of carbonyl (C=O) groups excluding carboxylic acids is 2. The molecule has 4 rings (SSSR count). The Kier molecular flexibility index (Phi) is 5.41. The maximum atomic E-state index is 12.7. The van der Waals surface area contributed by atoms with Crippen molar-refractivity contribution in [3.8, 4) is 11.9 Å². The largest absolute Gasteiger partial charge is 0.326 e. The third-order valence-electron chi connectivity index (χ3n) is 4.59. The van der Waals surface area contributed by atoms with E-state index in [0.717, 1.165) is 16.5 Å². The van der Waals surface area contributed by atoms with E-state index in [2.05, 4.69) is 26.8 Å². The molecule has 8 heteroatoms. The van der Waals surface area contributed by atoms with E-state index < -0.39 is 0 Å². The molecule has 0 aliphatic heterocycles. The minimum atomic E-state index is -0.300. The number of rotatable bonds is 5. The lowest BCUT2D eigenvalue weighted by Crippen LogP contribution is -2.18. The van der Waals surface area contributed by atoms with E-state index in [0.29, 0.717) is 11.5 Å². The van der Waals surface area contributed by atoms with Crippen LogP contribution in [0.1, 0.15) is 18.1 Å². The number of hydrogen-bond donors (Lipinski definition) is 2. The van der Waals surface area contributed by atoms with Crippen LogP contribution in [-0.2, 0) is 16.0 Å². The fraction of sp³-hybridized carbons (Fsp3) is 0.0870. The molecule has 0 saturated heterocycles. The molecule has 0 aliphatic carbocycles. The molecule has 0 fully saturated rings. The van der Waals surface area contributed by atoms with Gasteiger partial charge in [-0.05, 0) is 35.9 Å². The zero-order valence-electron chi connectivity index (χ0n) is 16.7. The van der Waals surface area contributed by atoms with E-state index in [1.54, 1.807) is 30.3 Å². The van der Waals surface area contributed by atoms with Crippen molar-refractivity contribution >= 4 is 34.2 Å². The zero-order chi connectivity index (χ0) is 21.8. The van der Waals surface area contributed by atoms with E-state index in [-0.39, 0.29) is 29.6 Å². The van der Waals surface area contributed by atoms with Gasteiger partial charge in [0.05, 0.1) is 18.1 Å². The second-order valence-electron chi connectivity index (χ2n) is 6.90. The van der Waals surface area contributed by atoms with Crippen molar-refractivity contribution in [2.45, 2.75) is 13.3 Å². The summed E-state index contributed by atoms with van der Waals surface area (Å²) in [7, 11) is 0. The van der Waals surface area contributed by atoms with Gasteiger partial charge in [-0.25, -0.2) is 4.98 Å². The van der Waals surface area contributed by atoms with E-state index in [9.17, 15) is 14.9 Å². The van der Waals surface area contributed by atoms with Crippen molar-refractivity contribution in [3.05, 3.63) is 78.0 Å². The molecule has 2 aromatic carbocycles. The summed E-state index contributed by atoms with van der Waals surface area (Å²) in [5.74, 6) is 0.303. The summed E-state index contributed by atoms with van der Waals surface area (Å²) in [5.41, 5.74) is 2.44. The second kappa shape index (κ2) is 8.47. The van der Waals surface area contributed by atoms with Crippen molar-refractivity contribution in [1.82, 2.24) is 14.8 Å². The molecule has 0 spiro atoms. The SMILES string of the molecule is CC(=O)Nc1ccc(CC(=O)Nc2c(C#N)cnn2-c2ccc3ccccc3n2)cc1. The topological polar surface area (TPSA) is 113 Å². The van der Waals surface area contributed by atoms with Crippen molar-refractivity contribution in [2.24, 2.45) is 0 Å². The molecule has 31 heavy (non-hydrogen) atoms. The highest BCUT2D eigenvalue weighted by Gasteiger charge is 2.16. The summed E-state index contributed by atoms with van der Waals surface area (Å²) in [5, 5.41) is 20.1. The number of para-hydroxylation sites is 1. The lowest BCUT2D eigenvalue weighted by atomic mass is 10.1. The first kappa shape index (κ1) is 19.8. The Balaban J connectivity index is 1.56. The number of amides is 2. The van der Waals surface area contributed by atoms with E-state index >= 15 is 0 Å². The fourth-order valence-corrected chi connectivity index (χ4v) is 3.17. The summed E-state index contributed by atoms with van der Waals surface area (Å²) >= 11 is 0. The van der Waals surface area contributed by atoms with Gasteiger partial charge in [-0.1, -0.05) is 30.3 Å². The summed E-state index contributed by atoms with van der Waals surface area (Å²) in [6, 6.07) is 20.4. The number of hydrogen-bond acceptors (Lipinski definition) is 5. The van der Waals surface area contributed by atoms with Gasteiger partial charge in [-0.3, -0.25) is 9.59 Å². The predicted octanol–water partition coefficient (Wildman–Crippen LogP) is 3.43. The minimum Gasteiger partial charge on any atom is -0.326 e. The highest BCUT2D eigenvalue weighted by atomic mass is 16.2. The number of nitriles is 1. The number of pyridine rings is 1. The smallest absolute Gasteiger partial charge is 0.229 e. The summed E-state index contributed by atoms with van der Waals surface area (Å²) in [6.07, 6.45) is 1.50. The van der Waals surface area contributed by atoms with Crippen molar-refractivity contribution in [1.29, 1.82) is 5.26 Å². The molecule has 2 amide bonds. The first-order valence-corrected chi connectivity index (χ1v) is 9.54. The van der Waals surface area contributed by atoms with Crippen LogP contribution in [-0.4, -0.2) is 26.6 Å². The van der Waals surface area contributed by atoms with Crippen LogP contribution >= 0.6 is 0 Å². The van der Waals surface area contributed by atoms with Crippen LogP contribution in [0.3, 0.4) is 0 Å². The lowest BCUT2D eigenvalue weighted by Gasteiger charge is -2.10. The zero-order valence-corrected chi connectivity index (χ0v) is 16.7. The van der Waals surface area contributed by atoms with Crippen molar-refractivity contribution < 1.29 is 9.59 Å². The van der Waals surface area contributed by atoms with Crippen LogP contribution < -0.4 is 10.6 Å². The molecule has 2 N–H and O–H groups in total. The van der Waals surface area contributed by atoms with E-state index in [1.807, 2.05) is 30.3 Å². The fourth-order valence-electron chi connectivity index (χ4n) is 3.17. The number of fused-ring (bicyclic) bond motifs is 1. The highest BCUT2D eigenvalue weighted by Crippen LogP contribution is 2.21. The normalized spacial score (nSPS) is 10.5. The van der Waals surface area contributed by atoms with Crippen LogP contribution in [0.15, 0.2) is 66.9 Å². The Morgan fingerprint density at radius 2 is 1.81 bits per heavy atom. The van der Waals surface area contributed by atoms with Gasteiger partial charge in [-0.2, -0.15) is 15.0 Å². The molecule has 0 aliphatic rings. The van der Waals surface area contributed by atoms with Gasteiger partial charge in [0, 0.05) is 18.0 Å². The molecule has 0 bridgehead atoms. The van der Waals surface area contributed by atoms with Crippen LogP contribution in [0.4, 0.5) is 11.5 Å². The average molecular weight is 410 g/mol. The molecular formula is C23H18N6O2. The van der Waals surface area contributed by atoms with Gasteiger partial charge in [-0.15, -0.1) is 0 Å². The summed E-state index contributed by atoms with van der Waals surface area (Å²) in [6.45, 7) is 1.43. The van der Waals surface area contributed by atoms with Gasteiger partial charge in [0.15, 0.2) is 11.6 Å². The van der Waals surface area contributed by atoms with Gasteiger partial charge < -0.3 is 10.6 Å². The van der Waals surface area contributed by atoms with Crippen LogP contribution in [0.5, 0.6) is 0 Å². The molecule has 2 heterocycles. The Labute approximate surface area is 178 Å². The molecule has 152 valence electrons. The maximum absolute atomic E-state index is 12.7. The minimum absolute atomic E-state index is 0.0988. The van der Waals surface area contributed by atoms with Crippen LogP contribution in [0.25, 0.3) is 16.7 Å². The standard InChI is InChI=1S/C23H18N6O2/c1-15(30)26-19-9-6-16(7-10-19)12-22(31)28-23-18(13-24)14-25-29(23)21-11-8-17-4-2-3-5-20(17)27-21/h2-11,14H,12H2,1H3,(H,26,30)(H,28,31). The Morgan fingerprint density at radius 3 is 2.55 bits per heavy atom. The first-order chi connectivity index (χ1) is 15.0. The molecular weight excluding hydrogens is 392 g/mol. The predicted molar refractivity (Wildman–Crippen MR) is 117 cm³/mol. The molecule has 0 atom stereocenters. The molecule has 0 unspecified atom stereocenters. The molecule has 0 radical (unpaired) electrons. The number of anilines is 2. The third kappa shape index (κ3) is 4.41. The molecule has 4 aromatic rings. The number of benzene rings is 2. The van der Waals surface area contributed by atoms with Crippen molar-refractivity contribution in [2.75, 3.05) is 10.6 Å². The first-order valence-electron chi connectivity index (χ1n) is 9.54. The number of nitrogens with one attached hydrogen (secondary N) is 2. The number of carbonyl (C=O) groups is 2. The van der Waals surface area contributed by atoms with Crippen LogP contribution in [0, 0.1) is 11.3 Å². The second-order valence-corrected chi connectivity index (χ2v) is 6.90. The van der Waals surface area contributed by atoms with Crippen molar-refractivity contribution in [3.63, 3.8) is 0 Å². The lowest BCUT2D eigenvalue weighted by molar-refractivity contribution is -0.116. The quantitative estimate of drug-likeness (QED) is 0.523. The molecule has 8 nitrogen and oxygen atoms in total. The van der Waals surface area contributed by atoms with Gasteiger partial charge in [0.1, 0.15) is 11.6 Å². The average Bonchev–Trinajstić information content (AvgIpc) is 3.16. The van der Waals surface area contributed by atoms with Gasteiger partial charge in [0.2, 0.25) is 11.8 Å². The Morgan fingerprint density at radius 1 is 1.03 bits per heavy atom. The van der Waals surface area contributed by atoms with Gasteiger partial charge in [0.25, 0.3) is 0 Å². The number of nitrogens with zero attached hydrogens (tertiary/aromatic N) is 4. The third-order valence-corrected chi connectivity index (χ3v) is 4.59.